The molecule has 0 spiro atoms. The Morgan fingerprint density at radius 1 is 0.966 bits per heavy atom. The van der Waals surface area contributed by atoms with Crippen LogP contribution in [0.3, 0.4) is 0 Å². The van der Waals surface area contributed by atoms with Gasteiger partial charge < -0.3 is 21.1 Å². The first-order valence-corrected chi connectivity index (χ1v) is 9.16. The van der Waals surface area contributed by atoms with Gasteiger partial charge in [0, 0.05) is 30.9 Å². The molecule has 4 N–H and O–H groups in total. The lowest BCUT2D eigenvalue weighted by Gasteiger charge is -2.09. The highest BCUT2D eigenvalue weighted by Gasteiger charge is 2.08. The van der Waals surface area contributed by atoms with Gasteiger partial charge in [-0.25, -0.2) is 4.79 Å². The molecule has 148 valence electrons. The van der Waals surface area contributed by atoms with Gasteiger partial charge in [0.1, 0.15) is 0 Å². The van der Waals surface area contributed by atoms with E-state index in [0.717, 1.165) is 11.1 Å². The average Bonchev–Trinajstić information content (AvgIpc) is 2.75. The number of carbonyl (C=O) groups excluding carboxylic acids is 2. The number of carbonyl (C=O) groups is 2. The number of nitrogens with two attached hydrogens (primary N) is 1. The first kappa shape index (κ1) is 19.9. The summed E-state index contributed by atoms with van der Waals surface area (Å²) in [4.78, 5) is 28.1. The van der Waals surface area contributed by atoms with Crippen LogP contribution in [0.1, 0.15) is 21.5 Å². The average molecular weight is 390 g/mol. The van der Waals surface area contributed by atoms with Gasteiger partial charge in [-0.15, -0.1) is 0 Å². The number of hydrogen-bond donors (Lipinski definition) is 3. The summed E-state index contributed by atoms with van der Waals surface area (Å²) in [6, 6.07) is 17.8. The molecule has 7 nitrogen and oxygen atoms in total. The minimum absolute atomic E-state index is 0.253. The molecule has 0 saturated heterocycles. The maximum atomic E-state index is 12.3. The highest BCUT2D eigenvalue weighted by molar-refractivity contribution is 6.05. The second-order valence-electron chi connectivity index (χ2n) is 6.34. The van der Waals surface area contributed by atoms with E-state index in [1.165, 1.54) is 0 Å². The lowest BCUT2D eigenvalue weighted by molar-refractivity contribution is 0.102. The quantitative estimate of drug-likeness (QED) is 0.536. The first-order chi connectivity index (χ1) is 14.1. The maximum Gasteiger partial charge on any atom is 0.407 e. The lowest BCUT2D eigenvalue weighted by atomic mass is 10.1. The Morgan fingerprint density at radius 3 is 2.48 bits per heavy atom. The number of pyridine rings is 1. The van der Waals surface area contributed by atoms with Gasteiger partial charge in [-0.05, 0) is 41.5 Å². The zero-order valence-electron chi connectivity index (χ0n) is 15.8. The fraction of sp³-hybridized carbons (Fsp3) is 0.136. The van der Waals surface area contributed by atoms with E-state index in [0.29, 0.717) is 29.9 Å². The number of rotatable bonds is 7. The van der Waals surface area contributed by atoms with Crippen molar-refractivity contribution in [3.8, 4) is 0 Å². The van der Waals surface area contributed by atoms with Crippen molar-refractivity contribution in [2.24, 2.45) is 0 Å². The van der Waals surface area contributed by atoms with Crippen molar-refractivity contribution in [2.75, 3.05) is 17.7 Å². The third kappa shape index (κ3) is 6.07. The van der Waals surface area contributed by atoms with Crippen molar-refractivity contribution in [3.63, 3.8) is 0 Å². The number of benzene rings is 2. The van der Waals surface area contributed by atoms with E-state index in [2.05, 4.69) is 15.6 Å². The van der Waals surface area contributed by atoms with Crippen LogP contribution in [0.25, 0.3) is 0 Å². The number of aromatic nitrogens is 1. The summed E-state index contributed by atoms with van der Waals surface area (Å²) < 4.78 is 5.15. The van der Waals surface area contributed by atoms with Crippen molar-refractivity contribution in [1.29, 1.82) is 0 Å². The summed E-state index contributed by atoms with van der Waals surface area (Å²) in [6.07, 6.45) is 3.56. The van der Waals surface area contributed by atoms with E-state index in [1.807, 2.05) is 12.1 Å². The van der Waals surface area contributed by atoms with Crippen molar-refractivity contribution < 1.29 is 14.3 Å². The van der Waals surface area contributed by atoms with E-state index in [9.17, 15) is 9.59 Å². The van der Waals surface area contributed by atoms with Crippen LogP contribution in [0, 0.1) is 0 Å². The van der Waals surface area contributed by atoms with E-state index in [-0.39, 0.29) is 12.5 Å². The Balaban J connectivity index is 1.43. The molecule has 7 heteroatoms. The molecule has 0 fully saturated rings. The van der Waals surface area contributed by atoms with Crippen LogP contribution in [0.15, 0.2) is 73.1 Å². The molecule has 1 aromatic heterocycles. The lowest BCUT2D eigenvalue weighted by Crippen LogP contribution is -2.24. The Hall–Kier alpha value is -3.87. The Bertz CT molecular complexity index is 959. The number of hydrogen-bond acceptors (Lipinski definition) is 5. The minimum Gasteiger partial charge on any atom is -0.449 e. The minimum atomic E-state index is -0.490. The van der Waals surface area contributed by atoms with Gasteiger partial charge >= 0.3 is 6.09 Å². The highest BCUT2D eigenvalue weighted by Crippen LogP contribution is 2.18. The molecule has 0 radical (unpaired) electrons. The van der Waals surface area contributed by atoms with Crippen LogP contribution in [-0.4, -0.2) is 23.6 Å². The van der Waals surface area contributed by atoms with Gasteiger partial charge in [0.2, 0.25) is 0 Å². The molecule has 0 aliphatic carbocycles. The molecule has 3 aromatic rings. The van der Waals surface area contributed by atoms with E-state index >= 15 is 0 Å². The third-order valence-corrected chi connectivity index (χ3v) is 4.21. The van der Waals surface area contributed by atoms with Gasteiger partial charge in [0.25, 0.3) is 5.91 Å². The molecule has 0 bridgehead atoms. The fourth-order valence-electron chi connectivity index (χ4n) is 2.61. The number of nitrogen functional groups attached to an aromatic ring is 1. The normalized spacial score (nSPS) is 10.2. The number of para-hydroxylation sites is 2. The summed E-state index contributed by atoms with van der Waals surface area (Å²) in [5.74, 6) is -0.253. The third-order valence-electron chi connectivity index (χ3n) is 4.21. The van der Waals surface area contributed by atoms with Gasteiger partial charge in [-0.3, -0.25) is 9.78 Å². The number of alkyl carbamates (subject to hydrolysis) is 1. The Kier molecular flexibility index (Phi) is 6.78. The molecule has 3 rings (SSSR count). The molecule has 1 heterocycles. The van der Waals surface area contributed by atoms with Gasteiger partial charge in [0.05, 0.1) is 18.0 Å². The maximum absolute atomic E-state index is 12.3. The zero-order chi connectivity index (χ0) is 20.5. The molecule has 2 aromatic carbocycles. The first-order valence-electron chi connectivity index (χ1n) is 9.16. The van der Waals surface area contributed by atoms with Crippen molar-refractivity contribution in [1.82, 2.24) is 10.3 Å². The Morgan fingerprint density at radius 2 is 1.76 bits per heavy atom. The van der Waals surface area contributed by atoms with E-state index in [4.69, 9.17) is 10.5 Å². The van der Waals surface area contributed by atoms with Crippen molar-refractivity contribution in [3.05, 3.63) is 89.7 Å². The smallest absolute Gasteiger partial charge is 0.407 e. The topological polar surface area (TPSA) is 106 Å². The van der Waals surface area contributed by atoms with E-state index < -0.39 is 6.09 Å². The summed E-state index contributed by atoms with van der Waals surface area (Å²) >= 11 is 0. The summed E-state index contributed by atoms with van der Waals surface area (Å²) in [5, 5.41) is 5.46. The second kappa shape index (κ2) is 9.89. The molecule has 2 amide bonds. The molecule has 0 aliphatic heterocycles. The number of nitrogens with zero attached hydrogens (tertiary/aromatic N) is 1. The monoisotopic (exact) mass is 390 g/mol. The van der Waals surface area contributed by atoms with Crippen molar-refractivity contribution >= 4 is 23.4 Å². The summed E-state index contributed by atoms with van der Waals surface area (Å²) in [5.41, 5.74) is 9.26. The molecule has 0 unspecified atom stereocenters. The Labute approximate surface area is 168 Å². The molecular formula is C22H22N4O3. The predicted molar refractivity (Wildman–Crippen MR) is 111 cm³/mol. The van der Waals surface area contributed by atoms with Crippen LogP contribution in [0.5, 0.6) is 0 Å². The van der Waals surface area contributed by atoms with Crippen LogP contribution in [0.4, 0.5) is 16.2 Å². The van der Waals surface area contributed by atoms with E-state index in [1.54, 1.807) is 60.9 Å². The summed E-state index contributed by atoms with van der Waals surface area (Å²) in [6.45, 7) is 0.582. The standard InChI is InChI=1S/C22H22N4O3/c23-19-5-1-2-6-20(19)26-21(27)18-9-7-17(8-10-18)15-25-22(28)29-13-11-16-4-3-12-24-14-16/h1-10,12,14H,11,13,15,23H2,(H,25,28)(H,26,27). The van der Waals surface area contributed by atoms with Crippen molar-refractivity contribution in [2.45, 2.75) is 13.0 Å². The largest absolute Gasteiger partial charge is 0.449 e. The number of anilines is 2. The van der Waals surface area contributed by atoms with Gasteiger partial charge in [-0.2, -0.15) is 0 Å². The highest BCUT2D eigenvalue weighted by atomic mass is 16.5. The SMILES string of the molecule is Nc1ccccc1NC(=O)c1ccc(CNC(=O)OCCc2cccnc2)cc1. The molecule has 29 heavy (non-hydrogen) atoms. The predicted octanol–water partition coefficient (Wildman–Crippen LogP) is 3.39. The van der Waals surface area contributed by atoms with Crippen LogP contribution >= 0.6 is 0 Å². The van der Waals surface area contributed by atoms with Crippen LogP contribution < -0.4 is 16.4 Å². The van der Waals surface area contributed by atoms with Crippen LogP contribution in [-0.2, 0) is 17.7 Å². The summed E-state index contributed by atoms with van der Waals surface area (Å²) in [7, 11) is 0. The molecule has 0 atom stereocenters. The number of ether oxygens (including phenoxy) is 1. The number of amides is 2. The molecular weight excluding hydrogens is 368 g/mol. The number of nitrogens with one attached hydrogen (secondary N) is 2. The van der Waals surface area contributed by atoms with Crippen LogP contribution in [0.2, 0.25) is 0 Å². The fourth-order valence-corrected chi connectivity index (χ4v) is 2.61. The molecule has 0 aliphatic rings. The van der Waals surface area contributed by atoms with Gasteiger partial charge in [0.15, 0.2) is 0 Å². The zero-order valence-corrected chi connectivity index (χ0v) is 15.8. The second-order valence-corrected chi connectivity index (χ2v) is 6.34. The van der Waals surface area contributed by atoms with Gasteiger partial charge in [-0.1, -0.05) is 30.3 Å². The molecule has 0 saturated carbocycles.